The Morgan fingerprint density at radius 3 is 2.82 bits per heavy atom. The highest BCUT2D eigenvalue weighted by Gasteiger charge is 2.19. The van der Waals surface area contributed by atoms with Crippen molar-refractivity contribution in [2.24, 2.45) is 0 Å². The fourth-order valence-corrected chi connectivity index (χ4v) is 1.10. The number of Topliss-reactive ketones (excluding diaryl/α,β-unsaturated/α-hetero) is 1. The third kappa shape index (κ3) is 1.70. The molecule has 0 aromatic carbocycles. The van der Waals surface area contributed by atoms with Crippen molar-refractivity contribution in [2.75, 3.05) is 6.61 Å². The molecule has 1 aliphatic carbocycles. The molecule has 0 bridgehead atoms. The maximum atomic E-state index is 11.0. The second kappa shape index (κ2) is 3.37. The molecule has 60 valence electrons. The summed E-state index contributed by atoms with van der Waals surface area (Å²) in [7, 11) is 0. The molecular weight excluding hydrogens is 140 g/mol. The Balaban J connectivity index is 2.56. The second-order valence-corrected chi connectivity index (χ2v) is 2.57. The molecule has 0 N–H and O–H groups in total. The van der Waals surface area contributed by atoms with Crippen LogP contribution >= 0.6 is 0 Å². The Labute approximate surface area is 66.5 Å². The summed E-state index contributed by atoms with van der Waals surface area (Å²) in [6.07, 6.45) is 3.06. The molecule has 0 aliphatic heterocycles. The van der Waals surface area contributed by atoms with Crippen LogP contribution < -0.4 is 0 Å². The summed E-state index contributed by atoms with van der Waals surface area (Å²) in [4.78, 5) is 11.0. The van der Waals surface area contributed by atoms with Gasteiger partial charge in [0.05, 0.1) is 0 Å². The molecule has 0 aromatic heterocycles. The molecule has 11 heavy (non-hydrogen) atoms. The van der Waals surface area contributed by atoms with Crippen LogP contribution in [0.25, 0.3) is 0 Å². The summed E-state index contributed by atoms with van der Waals surface area (Å²) in [6.45, 7) is 5.85. The number of hydrogen-bond acceptors (Lipinski definition) is 2. The molecular formula is C9H12O2. The quantitative estimate of drug-likeness (QED) is 0.576. The van der Waals surface area contributed by atoms with Gasteiger partial charge in [-0.05, 0) is 6.92 Å². The molecule has 0 saturated heterocycles. The molecule has 0 spiro atoms. The molecule has 0 radical (unpaired) electrons. The first-order chi connectivity index (χ1) is 5.25. The summed E-state index contributed by atoms with van der Waals surface area (Å²) in [6, 6.07) is 0. The van der Waals surface area contributed by atoms with E-state index in [0.717, 1.165) is 17.8 Å². The molecule has 0 amide bonds. The highest BCUT2D eigenvalue weighted by atomic mass is 16.5. The van der Waals surface area contributed by atoms with E-state index in [0.29, 0.717) is 13.0 Å². The van der Waals surface area contributed by atoms with Gasteiger partial charge in [-0.25, -0.2) is 0 Å². The van der Waals surface area contributed by atoms with E-state index in [1.165, 1.54) is 0 Å². The van der Waals surface area contributed by atoms with Crippen LogP contribution in [0.5, 0.6) is 0 Å². The molecule has 0 atom stereocenters. The largest absolute Gasteiger partial charge is 0.493 e. The number of carbonyl (C=O) groups is 1. The zero-order valence-electron chi connectivity index (χ0n) is 6.72. The van der Waals surface area contributed by atoms with Crippen LogP contribution in [0.4, 0.5) is 0 Å². The minimum Gasteiger partial charge on any atom is -0.493 e. The van der Waals surface area contributed by atoms with Crippen molar-refractivity contribution in [1.82, 2.24) is 0 Å². The maximum Gasteiger partial charge on any atom is 0.162 e. The maximum absolute atomic E-state index is 11.0. The van der Waals surface area contributed by atoms with E-state index < -0.39 is 0 Å². The Bertz CT molecular complexity index is 214. The van der Waals surface area contributed by atoms with Gasteiger partial charge in [-0.1, -0.05) is 12.7 Å². The molecule has 0 heterocycles. The van der Waals surface area contributed by atoms with Crippen molar-refractivity contribution < 1.29 is 9.53 Å². The fourth-order valence-electron chi connectivity index (χ4n) is 1.10. The molecule has 1 rings (SSSR count). The normalized spacial score (nSPS) is 17.4. The van der Waals surface area contributed by atoms with E-state index in [1.807, 2.05) is 6.92 Å². The van der Waals surface area contributed by atoms with E-state index in [-0.39, 0.29) is 5.78 Å². The Morgan fingerprint density at radius 1 is 1.64 bits per heavy atom. The van der Waals surface area contributed by atoms with E-state index in [4.69, 9.17) is 4.74 Å². The van der Waals surface area contributed by atoms with Crippen LogP contribution in [0.2, 0.25) is 0 Å². The standard InChI is InChI=1S/C9H12O2/c1-3-6-11-9-5-4-8(10)7(9)2/h3H,1,4-6H2,2H3. The number of allylic oxidation sites excluding steroid dienone is 2. The predicted octanol–water partition coefficient (Wildman–Crippen LogP) is 1.83. The monoisotopic (exact) mass is 152 g/mol. The lowest BCUT2D eigenvalue weighted by molar-refractivity contribution is -0.114. The lowest BCUT2D eigenvalue weighted by Gasteiger charge is -2.02. The van der Waals surface area contributed by atoms with Crippen molar-refractivity contribution in [3.05, 3.63) is 24.0 Å². The lowest BCUT2D eigenvalue weighted by atomic mass is 10.2. The van der Waals surface area contributed by atoms with E-state index in [9.17, 15) is 4.79 Å². The highest BCUT2D eigenvalue weighted by molar-refractivity contribution is 5.97. The average molecular weight is 152 g/mol. The summed E-state index contributed by atoms with van der Waals surface area (Å²) in [5.74, 6) is 1.05. The summed E-state index contributed by atoms with van der Waals surface area (Å²) in [5, 5.41) is 0. The highest BCUT2D eigenvalue weighted by Crippen LogP contribution is 2.22. The second-order valence-electron chi connectivity index (χ2n) is 2.57. The van der Waals surface area contributed by atoms with Gasteiger partial charge >= 0.3 is 0 Å². The third-order valence-electron chi connectivity index (χ3n) is 1.79. The first-order valence-corrected chi connectivity index (χ1v) is 3.72. The lowest BCUT2D eigenvalue weighted by Crippen LogP contribution is -1.93. The Morgan fingerprint density at radius 2 is 2.36 bits per heavy atom. The number of ether oxygens (including phenoxy) is 1. The first kappa shape index (κ1) is 8.05. The van der Waals surface area contributed by atoms with Crippen LogP contribution in [-0.2, 0) is 9.53 Å². The van der Waals surface area contributed by atoms with Crippen LogP contribution in [-0.4, -0.2) is 12.4 Å². The molecule has 2 nitrogen and oxygen atoms in total. The van der Waals surface area contributed by atoms with Crippen molar-refractivity contribution in [3.8, 4) is 0 Å². The summed E-state index contributed by atoms with van der Waals surface area (Å²) >= 11 is 0. The minimum atomic E-state index is 0.212. The van der Waals surface area contributed by atoms with Crippen LogP contribution in [0.1, 0.15) is 19.8 Å². The van der Waals surface area contributed by atoms with Gasteiger partial charge in [0.15, 0.2) is 5.78 Å². The zero-order valence-corrected chi connectivity index (χ0v) is 6.72. The van der Waals surface area contributed by atoms with Gasteiger partial charge in [0.25, 0.3) is 0 Å². The summed E-state index contributed by atoms with van der Waals surface area (Å²) < 4.78 is 5.28. The van der Waals surface area contributed by atoms with Gasteiger partial charge in [-0.2, -0.15) is 0 Å². The molecule has 0 fully saturated rings. The average Bonchev–Trinajstić information content (AvgIpc) is 2.31. The van der Waals surface area contributed by atoms with E-state index >= 15 is 0 Å². The van der Waals surface area contributed by atoms with Crippen molar-refractivity contribution >= 4 is 5.78 Å². The predicted molar refractivity (Wildman–Crippen MR) is 43.1 cm³/mol. The fraction of sp³-hybridized carbons (Fsp3) is 0.444. The third-order valence-corrected chi connectivity index (χ3v) is 1.79. The van der Waals surface area contributed by atoms with Crippen molar-refractivity contribution in [3.63, 3.8) is 0 Å². The topological polar surface area (TPSA) is 26.3 Å². The molecule has 0 unspecified atom stereocenters. The van der Waals surface area contributed by atoms with Gasteiger partial charge < -0.3 is 4.74 Å². The number of hydrogen-bond donors (Lipinski definition) is 0. The number of ketones is 1. The van der Waals surface area contributed by atoms with Gasteiger partial charge in [-0.3, -0.25) is 4.79 Å². The Kier molecular flexibility index (Phi) is 2.47. The van der Waals surface area contributed by atoms with Crippen LogP contribution in [0.3, 0.4) is 0 Å². The first-order valence-electron chi connectivity index (χ1n) is 3.72. The molecule has 0 saturated carbocycles. The van der Waals surface area contributed by atoms with Crippen LogP contribution in [0.15, 0.2) is 24.0 Å². The van der Waals surface area contributed by atoms with Crippen molar-refractivity contribution in [2.45, 2.75) is 19.8 Å². The molecule has 1 aliphatic rings. The van der Waals surface area contributed by atoms with E-state index in [2.05, 4.69) is 6.58 Å². The number of rotatable bonds is 3. The zero-order chi connectivity index (χ0) is 8.27. The van der Waals surface area contributed by atoms with Crippen molar-refractivity contribution in [1.29, 1.82) is 0 Å². The van der Waals surface area contributed by atoms with Crippen LogP contribution in [0, 0.1) is 0 Å². The van der Waals surface area contributed by atoms with Gasteiger partial charge in [0.1, 0.15) is 12.4 Å². The van der Waals surface area contributed by atoms with Gasteiger partial charge in [-0.15, -0.1) is 0 Å². The van der Waals surface area contributed by atoms with Gasteiger partial charge in [0.2, 0.25) is 0 Å². The summed E-state index contributed by atoms with van der Waals surface area (Å²) in [5.41, 5.74) is 0.784. The Hall–Kier alpha value is -1.05. The SMILES string of the molecule is C=CCOC1=C(C)C(=O)CC1. The molecule has 0 aromatic rings. The number of carbonyl (C=O) groups excluding carboxylic acids is 1. The minimum absolute atomic E-state index is 0.212. The van der Waals surface area contributed by atoms with E-state index in [1.54, 1.807) is 6.08 Å². The van der Waals surface area contributed by atoms with Gasteiger partial charge in [0, 0.05) is 18.4 Å². The smallest absolute Gasteiger partial charge is 0.162 e. The molecule has 2 heteroatoms.